The molecule has 2 saturated carbocycles. The van der Waals surface area contributed by atoms with Gasteiger partial charge in [0.05, 0.1) is 49.4 Å². The largest absolute Gasteiger partial charge is 0.497 e. The number of carbonyl (C=O) groups is 2. The molecule has 298 valence electrons. The van der Waals surface area contributed by atoms with E-state index in [0.717, 1.165) is 0 Å². The van der Waals surface area contributed by atoms with Crippen LogP contribution in [0.25, 0.3) is 0 Å². The van der Waals surface area contributed by atoms with Crippen molar-refractivity contribution in [1.29, 1.82) is 5.26 Å². The summed E-state index contributed by atoms with van der Waals surface area (Å²) in [4.78, 5) is 40.2. The predicted molar refractivity (Wildman–Crippen MR) is 211 cm³/mol. The van der Waals surface area contributed by atoms with Crippen LogP contribution in [0.3, 0.4) is 0 Å². The zero-order chi connectivity index (χ0) is 41.0. The Morgan fingerprint density at radius 2 is 1.39 bits per heavy atom. The van der Waals surface area contributed by atoms with Crippen LogP contribution in [-0.2, 0) is 19.5 Å². The number of rotatable bonds is 16. The zero-order valence-electron chi connectivity index (χ0n) is 33.1. The third-order valence-electron chi connectivity index (χ3n) is 13.1. The maximum atomic E-state index is 14.4. The molecule has 12 nitrogen and oxygen atoms in total. The van der Waals surface area contributed by atoms with Crippen molar-refractivity contribution in [2.45, 2.75) is 89.8 Å². The van der Waals surface area contributed by atoms with Crippen LogP contribution < -0.4 is 14.6 Å². The number of methoxy groups -OCH3 is 2. The van der Waals surface area contributed by atoms with Gasteiger partial charge in [-0.3, -0.25) is 4.90 Å². The highest BCUT2D eigenvalue weighted by molar-refractivity contribution is 7.43. The molecule has 3 aliphatic rings. The van der Waals surface area contributed by atoms with Crippen LogP contribution in [0, 0.1) is 34.0 Å². The van der Waals surface area contributed by atoms with E-state index in [4.69, 9.17) is 14.0 Å². The second-order valence-electron chi connectivity index (χ2n) is 16.1. The number of hydrogen-bond acceptors (Lipinski definition) is 10. The lowest BCUT2D eigenvalue weighted by Gasteiger charge is -2.65. The molecule has 0 heterocycles. The second-order valence-corrected chi connectivity index (χ2v) is 17.1. The number of benzene rings is 3. The summed E-state index contributed by atoms with van der Waals surface area (Å²) in [6.45, 7) is 11.6. The predicted octanol–water partition coefficient (Wildman–Crippen LogP) is 6.46. The van der Waals surface area contributed by atoms with Gasteiger partial charge in [-0.25, -0.2) is 14.7 Å². The van der Waals surface area contributed by atoms with Crippen LogP contribution in [-0.4, -0.2) is 81.2 Å². The van der Waals surface area contributed by atoms with Crippen LogP contribution in [0.4, 0.5) is 0 Å². The number of aliphatic hydroxyl groups is 1. The Labute approximate surface area is 329 Å². The van der Waals surface area contributed by atoms with Gasteiger partial charge in [-0.2, -0.15) is 5.26 Å². The van der Waals surface area contributed by atoms with Gasteiger partial charge < -0.3 is 34.2 Å². The molecule has 0 amide bonds. The number of hydrogen-bond donors (Lipinski definition) is 5. The van der Waals surface area contributed by atoms with E-state index in [1.807, 2.05) is 89.2 Å². The fourth-order valence-electron chi connectivity index (χ4n) is 11.0. The third-order valence-corrected chi connectivity index (χ3v) is 14.0. The van der Waals surface area contributed by atoms with Crippen molar-refractivity contribution >= 4 is 20.5 Å². The first-order valence-corrected chi connectivity index (χ1v) is 20.1. The van der Waals surface area contributed by atoms with E-state index in [1.165, 1.54) is 0 Å². The van der Waals surface area contributed by atoms with E-state index in [1.54, 1.807) is 45.4 Å². The first-order chi connectivity index (χ1) is 26.5. The topological polar surface area (TPSA) is 182 Å². The number of fused-ring (bicyclic) bond motifs is 5. The Kier molecular flexibility index (Phi) is 11.2. The lowest BCUT2D eigenvalue weighted by molar-refractivity contribution is -0.197. The van der Waals surface area contributed by atoms with Crippen LogP contribution >= 0.6 is 8.53 Å². The lowest BCUT2D eigenvalue weighted by atomic mass is 9.40. The highest BCUT2D eigenvalue weighted by atomic mass is 31.2. The molecular weight excluding hydrogens is 733 g/mol. The van der Waals surface area contributed by atoms with Gasteiger partial charge in [-0.05, 0) is 75.1 Å². The summed E-state index contributed by atoms with van der Waals surface area (Å²) < 4.78 is 18.0. The molecule has 6 rings (SSSR count). The molecule has 2 bridgehead atoms. The smallest absolute Gasteiger partial charge is 0.332 e. The summed E-state index contributed by atoms with van der Waals surface area (Å²) in [6.07, 6.45) is -1.72. The first kappa shape index (κ1) is 41.3. The summed E-state index contributed by atoms with van der Waals surface area (Å²) in [6, 6.07) is 26.2. The van der Waals surface area contributed by atoms with Gasteiger partial charge in [0.1, 0.15) is 23.2 Å². The molecule has 13 heteroatoms. The Morgan fingerprint density at radius 3 is 1.82 bits per heavy atom. The van der Waals surface area contributed by atoms with Crippen LogP contribution in [0.1, 0.15) is 71.1 Å². The minimum atomic E-state index is -2.60. The first-order valence-electron chi connectivity index (χ1n) is 18.8. The highest BCUT2D eigenvalue weighted by Gasteiger charge is 2.86. The molecule has 2 fully saturated rings. The van der Waals surface area contributed by atoms with E-state index >= 15 is 0 Å². The molecule has 0 aliphatic heterocycles. The van der Waals surface area contributed by atoms with Crippen LogP contribution in [0.15, 0.2) is 90.0 Å². The van der Waals surface area contributed by atoms with E-state index in [-0.39, 0.29) is 36.1 Å². The van der Waals surface area contributed by atoms with E-state index < -0.39 is 66.4 Å². The molecule has 6 unspecified atom stereocenters. The van der Waals surface area contributed by atoms with E-state index in [9.17, 15) is 35.1 Å². The standard InChI is InChI=1S/C43H52N3O9P/c1-25(2)46(26(3)4)33(22-23-44)45-56(52)55-39-40(5)24-32(35-34(37(47)48)36(38(49)50)41(35,40)6)43(39,51)42(27-12-10-9-11-13-27,28-14-18-30(53-7)19-15-28)29-16-20-31(54-8)21-17-29/h9-21,25-26,32-33,35,39,45,51-52H,22,24H2,1-8H3,(H,47,48)(H,49,50)/t32?,33?,35-,39?,40?,41+,43?,56?/m0/s1. The maximum Gasteiger partial charge on any atom is 0.332 e. The minimum absolute atomic E-state index is 0.00980. The zero-order valence-corrected chi connectivity index (χ0v) is 34.0. The summed E-state index contributed by atoms with van der Waals surface area (Å²) in [5.41, 5.74) is -4.60. The molecule has 0 aromatic heterocycles. The van der Waals surface area contributed by atoms with Crippen molar-refractivity contribution in [1.82, 2.24) is 9.99 Å². The number of aliphatic carboxylic acids is 2. The van der Waals surface area contributed by atoms with Crippen molar-refractivity contribution in [3.05, 3.63) is 107 Å². The Balaban J connectivity index is 1.67. The molecule has 3 aliphatic carbocycles. The van der Waals surface area contributed by atoms with Crippen LogP contribution in [0.2, 0.25) is 0 Å². The van der Waals surface area contributed by atoms with Crippen molar-refractivity contribution in [3.63, 3.8) is 0 Å². The molecule has 3 aromatic carbocycles. The number of carboxylic acid groups (broad SMARTS) is 2. The summed E-state index contributed by atoms with van der Waals surface area (Å²) in [7, 11) is 0.516. The van der Waals surface area contributed by atoms with Crippen LogP contribution in [0.5, 0.6) is 11.5 Å². The molecule has 8 atom stereocenters. The molecule has 0 saturated heterocycles. The van der Waals surface area contributed by atoms with Gasteiger partial charge in [-0.1, -0.05) is 68.4 Å². The van der Waals surface area contributed by atoms with Crippen molar-refractivity contribution in [2.24, 2.45) is 22.7 Å². The molecule has 56 heavy (non-hydrogen) atoms. The Hall–Kier alpha value is -4.34. The molecule has 3 aromatic rings. The Bertz CT molecular complexity index is 1960. The van der Waals surface area contributed by atoms with Gasteiger partial charge in [0, 0.05) is 34.7 Å². The SMILES string of the molecule is COc1ccc(C(c2ccccc2)(c2ccc(OC)cc2)C2(O)C3CC(C)(C2OP(O)NC(CC#N)N(C(C)C)C(C)C)[C@@]2(C)C(C(=O)O)=C(C(=O)O)[C@H]32)cc1. The minimum Gasteiger partial charge on any atom is -0.497 e. The van der Waals surface area contributed by atoms with Crippen molar-refractivity contribution in [3.8, 4) is 17.6 Å². The maximum absolute atomic E-state index is 14.4. The quantitative estimate of drug-likeness (QED) is 0.0608. The average Bonchev–Trinajstić information content (AvgIpc) is 3.48. The third kappa shape index (κ3) is 5.86. The average molecular weight is 786 g/mol. The summed E-state index contributed by atoms with van der Waals surface area (Å²) in [5, 5.41) is 48.7. The number of ether oxygens (including phenoxy) is 2. The van der Waals surface area contributed by atoms with Gasteiger partial charge in [0.25, 0.3) is 8.53 Å². The van der Waals surface area contributed by atoms with Gasteiger partial charge >= 0.3 is 11.9 Å². The monoisotopic (exact) mass is 785 g/mol. The molecule has 0 radical (unpaired) electrons. The number of nitrogens with one attached hydrogen (secondary N) is 1. The lowest BCUT2D eigenvalue weighted by Crippen LogP contribution is -2.72. The molecule has 5 N–H and O–H groups in total. The summed E-state index contributed by atoms with van der Waals surface area (Å²) >= 11 is 0. The van der Waals surface area contributed by atoms with Gasteiger partial charge in [0.2, 0.25) is 0 Å². The highest BCUT2D eigenvalue weighted by Crippen LogP contribution is 2.82. The fourth-order valence-corrected chi connectivity index (χ4v) is 12.1. The van der Waals surface area contributed by atoms with Gasteiger partial charge in [0.15, 0.2) is 0 Å². The second kappa shape index (κ2) is 15.2. The number of carboxylic acids is 2. The fraction of sp³-hybridized carbons (Fsp3) is 0.465. The normalized spacial score (nSPS) is 27.8. The van der Waals surface area contributed by atoms with E-state index in [2.05, 4.69) is 16.1 Å². The van der Waals surface area contributed by atoms with Gasteiger partial charge in [-0.15, -0.1) is 0 Å². The molecular formula is C43H52N3O9P. The molecule has 0 spiro atoms. The van der Waals surface area contributed by atoms with Crippen molar-refractivity contribution in [2.75, 3.05) is 14.2 Å². The van der Waals surface area contributed by atoms with Crippen molar-refractivity contribution < 1.29 is 43.8 Å². The van der Waals surface area contributed by atoms with E-state index in [0.29, 0.717) is 28.2 Å². The Morgan fingerprint density at radius 1 is 0.893 bits per heavy atom. The number of nitriles is 1. The summed E-state index contributed by atoms with van der Waals surface area (Å²) in [5.74, 6) is -3.33. The number of nitrogens with zero attached hydrogens (tertiary/aromatic N) is 2.